The second-order valence-corrected chi connectivity index (χ2v) is 5.15. The van der Waals surface area contributed by atoms with Gasteiger partial charge in [0.25, 0.3) is 5.91 Å². The van der Waals surface area contributed by atoms with Crippen LogP contribution in [0.4, 0.5) is 0 Å². The first-order chi connectivity index (χ1) is 8.67. The molecule has 1 saturated heterocycles. The maximum atomic E-state index is 12.6. The molecule has 2 N–H and O–H groups in total. The number of nitrogens with two attached hydrogens (primary N) is 1. The van der Waals surface area contributed by atoms with Crippen LogP contribution >= 0.6 is 0 Å². The SMILES string of the molecule is CCc1ccccc1C(=O)N1CC(CN)CC1C. The fourth-order valence-electron chi connectivity index (χ4n) is 2.79. The summed E-state index contributed by atoms with van der Waals surface area (Å²) in [6, 6.07) is 8.20. The van der Waals surface area contributed by atoms with E-state index in [2.05, 4.69) is 13.8 Å². The van der Waals surface area contributed by atoms with Gasteiger partial charge in [0, 0.05) is 18.2 Å². The Bertz CT molecular complexity index is 430. The third kappa shape index (κ3) is 2.41. The second-order valence-electron chi connectivity index (χ2n) is 5.15. The quantitative estimate of drug-likeness (QED) is 0.887. The van der Waals surface area contributed by atoms with Crippen LogP contribution < -0.4 is 5.73 Å². The lowest BCUT2D eigenvalue weighted by molar-refractivity contribution is 0.0742. The van der Waals surface area contributed by atoms with Crippen molar-refractivity contribution in [3.63, 3.8) is 0 Å². The number of benzene rings is 1. The molecule has 0 bridgehead atoms. The van der Waals surface area contributed by atoms with Crippen molar-refractivity contribution < 1.29 is 4.79 Å². The summed E-state index contributed by atoms with van der Waals surface area (Å²) in [4.78, 5) is 14.6. The van der Waals surface area contributed by atoms with E-state index in [9.17, 15) is 4.79 Å². The van der Waals surface area contributed by atoms with Crippen LogP contribution in [0.2, 0.25) is 0 Å². The second kappa shape index (κ2) is 5.53. The van der Waals surface area contributed by atoms with Crippen molar-refractivity contribution in [1.29, 1.82) is 0 Å². The highest BCUT2D eigenvalue weighted by molar-refractivity contribution is 5.96. The van der Waals surface area contributed by atoms with E-state index >= 15 is 0 Å². The smallest absolute Gasteiger partial charge is 0.254 e. The first-order valence-corrected chi connectivity index (χ1v) is 6.76. The Morgan fingerprint density at radius 3 is 2.78 bits per heavy atom. The lowest BCUT2D eigenvalue weighted by atomic mass is 10.0. The van der Waals surface area contributed by atoms with E-state index in [1.165, 1.54) is 0 Å². The van der Waals surface area contributed by atoms with Gasteiger partial charge in [0.15, 0.2) is 0 Å². The minimum atomic E-state index is 0.163. The molecular weight excluding hydrogens is 224 g/mol. The van der Waals surface area contributed by atoms with Crippen LogP contribution in [0, 0.1) is 5.92 Å². The molecule has 1 amide bonds. The zero-order chi connectivity index (χ0) is 13.1. The molecule has 1 heterocycles. The standard InChI is InChI=1S/C15H22N2O/c1-3-13-6-4-5-7-14(13)15(18)17-10-12(9-16)8-11(17)2/h4-7,11-12H,3,8-10,16H2,1-2H3. The predicted octanol–water partition coefficient (Wildman–Crippen LogP) is 2.06. The van der Waals surface area contributed by atoms with Crippen LogP contribution in [0.3, 0.4) is 0 Å². The van der Waals surface area contributed by atoms with Gasteiger partial charge in [-0.15, -0.1) is 0 Å². The average Bonchev–Trinajstić information content (AvgIpc) is 2.79. The molecule has 2 atom stereocenters. The lowest BCUT2D eigenvalue weighted by Crippen LogP contribution is -2.35. The van der Waals surface area contributed by atoms with Crippen LogP contribution in [0.5, 0.6) is 0 Å². The van der Waals surface area contributed by atoms with Crippen molar-refractivity contribution >= 4 is 5.91 Å². The van der Waals surface area contributed by atoms with Crippen molar-refractivity contribution in [2.45, 2.75) is 32.7 Å². The van der Waals surface area contributed by atoms with E-state index in [1.807, 2.05) is 29.2 Å². The third-order valence-electron chi connectivity index (χ3n) is 3.88. The van der Waals surface area contributed by atoms with E-state index in [1.54, 1.807) is 0 Å². The Labute approximate surface area is 109 Å². The number of amides is 1. The van der Waals surface area contributed by atoms with Crippen LogP contribution in [0.25, 0.3) is 0 Å². The average molecular weight is 246 g/mol. The highest BCUT2D eigenvalue weighted by Crippen LogP contribution is 2.25. The summed E-state index contributed by atoms with van der Waals surface area (Å²) in [7, 11) is 0. The monoisotopic (exact) mass is 246 g/mol. The summed E-state index contributed by atoms with van der Waals surface area (Å²) < 4.78 is 0. The van der Waals surface area contributed by atoms with Crippen molar-refractivity contribution in [3.05, 3.63) is 35.4 Å². The highest BCUT2D eigenvalue weighted by Gasteiger charge is 2.32. The van der Waals surface area contributed by atoms with Gasteiger partial charge in [-0.1, -0.05) is 25.1 Å². The Balaban J connectivity index is 2.21. The first-order valence-electron chi connectivity index (χ1n) is 6.76. The maximum absolute atomic E-state index is 12.6. The summed E-state index contributed by atoms with van der Waals surface area (Å²) in [5.41, 5.74) is 7.70. The predicted molar refractivity (Wildman–Crippen MR) is 73.5 cm³/mol. The first kappa shape index (κ1) is 13.1. The summed E-state index contributed by atoms with van der Waals surface area (Å²) >= 11 is 0. The molecular formula is C15H22N2O. The Morgan fingerprint density at radius 2 is 2.17 bits per heavy atom. The largest absolute Gasteiger partial charge is 0.336 e. The molecule has 98 valence electrons. The lowest BCUT2D eigenvalue weighted by Gasteiger charge is -2.22. The van der Waals surface area contributed by atoms with Crippen LogP contribution in [-0.4, -0.2) is 29.9 Å². The van der Waals surface area contributed by atoms with E-state index in [4.69, 9.17) is 5.73 Å². The molecule has 1 fully saturated rings. The van der Waals surface area contributed by atoms with Gasteiger partial charge in [-0.05, 0) is 43.9 Å². The van der Waals surface area contributed by atoms with Gasteiger partial charge < -0.3 is 10.6 Å². The number of hydrogen-bond acceptors (Lipinski definition) is 2. The molecule has 18 heavy (non-hydrogen) atoms. The number of hydrogen-bond donors (Lipinski definition) is 1. The number of rotatable bonds is 3. The Hall–Kier alpha value is -1.35. The molecule has 0 aliphatic carbocycles. The summed E-state index contributed by atoms with van der Waals surface area (Å²) in [6.45, 7) is 5.67. The normalized spacial score (nSPS) is 23.4. The van der Waals surface area contributed by atoms with Gasteiger partial charge in [-0.25, -0.2) is 0 Å². The molecule has 2 rings (SSSR count). The fourth-order valence-corrected chi connectivity index (χ4v) is 2.79. The minimum Gasteiger partial charge on any atom is -0.336 e. The van der Waals surface area contributed by atoms with Crippen LogP contribution in [0.1, 0.15) is 36.2 Å². The van der Waals surface area contributed by atoms with Crippen molar-refractivity contribution in [3.8, 4) is 0 Å². The van der Waals surface area contributed by atoms with Gasteiger partial charge in [0.2, 0.25) is 0 Å². The Kier molecular flexibility index (Phi) is 4.02. The van der Waals surface area contributed by atoms with E-state index in [-0.39, 0.29) is 5.91 Å². The summed E-state index contributed by atoms with van der Waals surface area (Å²) in [5.74, 6) is 0.619. The van der Waals surface area contributed by atoms with Gasteiger partial charge in [-0.3, -0.25) is 4.79 Å². The molecule has 0 spiro atoms. The van der Waals surface area contributed by atoms with Gasteiger partial charge in [0.05, 0.1) is 0 Å². The number of carbonyl (C=O) groups excluding carboxylic acids is 1. The number of aryl methyl sites for hydroxylation is 1. The van der Waals surface area contributed by atoms with Crippen molar-refractivity contribution in [2.75, 3.05) is 13.1 Å². The van der Waals surface area contributed by atoms with E-state index in [0.717, 1.165) is 30.5 Å². The molecule has 1 aliphatic rings. The number of carbonyl (C=O) groups is 1. The highest BCUT2D eigenvalue weighted by atomic mass is 16.2. The minimum absolute atomic E-state index is 0.163. The molecule has 1 aromatic rings. The molecule has 1 aromatic carbocycles. The van der Waals surface area contributed by atoms with Crippen molar-refractivity contribution in [2.24, 2.45) is 11.7 Å². The summed E-state index contributed by atoms with van der Waals surface area (Å²) in [6.07, 6.45) is 1.92. The van der Waals surface area contributed by atoms with Gasteiger partial charge >= 0.3 is 0 Å². The Morgan fingerprint density at radius 1 is 1.44 bits per heavy atom. The molecule has 0 radical (unpaired) electrons. The molecule has 0 saturated carbocycles. The number of likely N-dealkylation sites (tertiary alicyclic amines) is 1. The van der Waals surface area contributed by atoms with E-state index in [0.29, 0.717) is 18.5 Å². The zero-order valence-electron chi connectivity index (χ0n) is 11.2. The van der Waals surface area contributed by atoms with Gasteiger partial charge in [0.1, 0.15) is 0 Å². The molecule has 0 aromatic heterocycles. The topological polar surface area (TPSA) is 46.3 Å². The molecule has 3 heteroatoms. The van der Waals surface area contributed by atoms with Gasteiger partial charge in [-0.2, -0.15) is 0 Å². The number of nitrogens with zero attached hydrogens (tertiary/aromatic N) is 1. The molecule has 1 aliphatic heterocycles. The molecule has 3 nitrogen and oxygen atoms in total. The van der Waals surface area contributed by atoms with E-state index < -0.39 is 0 Å². The van der Waals surface area contributed by atoms with Crippen LogP contribution in [-0.2, 0) is 6.42 Å². The van der Waals surface area contributed by atoms with Crippen molar-refractivity contribution in [1.82, 2.24) is 4.90 Å². The third-order valence-corrected chi connectivity index (χ3v) is 3.88. The van der Waals surface area contributed by atoms with Crippen LogP contribution in [0.15, 0.2) is 24.3 Å². The zero-order valence-corrected chi connectivity index (χ0v) is 11.2. The summed E-state index contributed by atoms with van der Waals surface area (Å²) in [5, 5.41) is 0. The maximum Gasteiger partial charge on any atom is 0.254 e. The fraction of sp³-hybridized carbons (Fsp3) is 0.533. The molecule has 2 unspecified atom stereocenters.